The molecule has 0 radical (unpaired) electrons. The molecule has 2 aliphatic heterocycles. The van der Waals surface area contributed by atoms with Gasteiger partial charge in [0.25, 0.3) is 0 Å². The van der Waals surface area contributed by atoms with E-state index < -0.39 is 11.3 Å². The Morgan fingerprint density at radius 2 is 1.96 bits per heavy atom. The van der Waals surface area contributed by atoms with E-state index in [0.29, 0.717) is 0 Å². The van der Waals surface area contributed by atoms with Gasteiger partial charge in [-0.05, 0) is 25.8 Å². The highest BCUT2D eigenvalue weighted by Crippen LogP contribution is 2.32. The van der Waals surface area contributed by atoms with Crippen LogP contribution in [0.4, 0.5) is 0 Å². The Balaban J connectivity index is 1.53. The first-order valence-electron chi connectivity index (χ1n) is 8.39. The normalized spacial score (nSPS) is 21.3. The molecule has 0 unspecified atom stereocenters. The summed E-state index contributed by atoms with van der Waals surface area (Å²) in [6, 6.07) is 10.7. The predicted octanol–water partition coefficient (Wildman–Crippen LogP) is 2.38. The molecular formula is C18H27N3O2. The minimum absolute atomic E-state index is 0.408. The van der Waals surface area contributed by atoms with Crippen LogP contribution >= 0.6 is 0 Å². The molecule has 126 valence electrons. The molecular weight excluding hydrogens is 290 g/mol. The maximum atomic E-state index is 5.83. The number of rotatable bonds is 5. The van der Waals surface area contributed by atoms with Crippen LogP contribution in [0.2, 0.25) is 0 Å². The second-order valence-electron chi connectivity index (χ2n) is 6.90. The van der Waals surface area contributed by atoms with Crippen LogP contribution < -0.4 is 5.48 Å². The second-order valence-corrected chi connectivity index (χ2v) is 6.90. The number of ether oxygens (including phenoxy) is 1. The van der Waals surface area contributed by atoms with E-state index in [-0.39, 0.29) is 0 Å². The number of amidine groups is 1. The van der Waals surface area contributed by atoms with E-state index in [1.165, 1.54) is 5.56 Å². The molecule has 2 aliphatic rings. The smallest absolute Gasteiger partial charge is 0.189 e. The molecule has 0 saturated carbocycles. The molecule has 23 heavy (non-hydrogen) atoms. The number of likely N-dealkylation sites (tertiary alicyclic amines) is 1. The Labute approximate surface area is 138 Å². The zero-order valence-corrected chi connectivity index (χ0v) is 14.3. The van der Waals surface area contributed by atoms with Crippen LogP contribution in [0.25, 0.3) is 0 Å². The molecule has 1 N–H and O–H groups in total. The highest BCUT2D eigenvalue weighted by Gasteiger charge is 2.43. The summed E-state index contributed by atoms with van der Waals surface area (Å²) >= 11 is 0. The minimum Gasteiger partial charge on any atom is -0.371 e. The van der Waals surface area contributed by atoms with Crippen molar-refractivity contribution in [2.24, 2.45) is 4.99 Å². The molecule has 1 fully saturated rings. The van der Waals surface area contributed by atoms with Crippen molar-refractivity contribution in [3.8, 4) is 0 Å². The third-order valence-corrected chi connectivity index (χ3v) is 4.93. The molecule has 0 amide bonds. The molecule has 0 aromatic heterocycles. The standard InChI is InChI=1S/C18H27N3O2/c1-17(2,22-3)16-19-18(23-20-16)10-13-21(14-11-18)12-9-15-7-5-4-6-8-15/h4-8H,9-14H2,1-3H3,(H,19,20). The molecule has 1 spiro atoms. The number of hydroxylamine groups is 1. The van der Waals surface area contributed by atoms with Crippen molar-refractivity contribution in [1.82, 2.24) is 10.4 Å². The lowest BCUT2D eigenvalue weighted by Crippen LogP contribution is -2.45. The number of aliphatic imine (C=N–C) groups is 1. The van der Waals surface area contributed by atoms with E-state index in [1.807, 2.05) is 13.8 Å². The number of hydrogen-bond acceptors (Lipinski definition) is 5. The van der Waals surface area contributed by atoms with Gasteiger partial charge < -0.3 is 9.64 Å². The fraction of sp³-hybridized carbons (Fsp3) is 0.611. The summed E-state index contributed by atoms with van der Waals surface area (Å²) in [5.41, 5.74) is 3.54. The van der Waals surface area contributed by atoms with Crippen molar-refractivity contribution >= 4 is 5.84 Å². The Morgan fingerprint density at radius 1 is 1.26 bits per heavy atom. The van der Waals surface area contributed by atoms with Gasteiger partial charge >= 0.3 is 0 Å². The Morgan fingerprint density at radius 3 is 2.61 bits per heavy atom. The molecule has 1 aromatic rings. The van der Waals surface area contributed by atoms with E-state index in [1.54, 1.807) is 7.11 Å². The first kappa shape index (κ1) is 16.4. The number of nitrogens with one attached hydrogen (secondary N) is 1. The van der Waals surface area contributed by atoms with Crippen LogP contribution in [0.5, 0.6) is 0 Å². The fourth-order valence-electron chi connectivity index (χ4n) is 3.02. The monoisotopic (exact) mass is 317 g/mol. The van der Waals surface area contributed by atoms with Crippen LogP contribution in [-0.2, 0) is 16.0 Å². The number of nitrogens with zero attached hydrogens (tertiary/aromatic N) is 2. The van der Waals surface area contributed by atoms with Gasteiger partial charge in [-0.2, -0.15) is 0 Å². The summed E-state index contributed by atoms with van der Waals surface area (Å²) < 4.78 is 5.48. The molecule has 0 bridgehead atoms. The van der Waals surface area contributed by atoms with Crippen LogP contribution in [0.3, 0.4) is 0 Å². The molecule has 0 aliphatic carbocycles. The molecule has 5 heteroatoms. The van der Waals surface area contributed by atoms with Crippen LogP contribution in [0, 0.1) is 0 Å². The third kappa shape index (κ3) is 3.74. The van der Waals surface area contributed by atoms with E-state index in [2.05, 4.69) is 40.7 Å². The highest BCUT2D eigenvalue weighted by atomic mass is 16.7. The molecule has 5 nitrogen and oxygen atoms in total. The molecule has 2 heterocycles. The van der Waals surface area contributed by atoms with Crippen molar-refractivity contribution in [3.05, 3.63) is 35.9 Å². The quantitative estimate of drug-likeness (QED) is 0.906. The van der Waals surface area contributed by atoms with Gasteiger partial charge in [0.05, 0.1) is 0 Å². The lowest BCUT2D eigenvalue weighted by molar-refractivity contribution is -0.0906. The third-order valence-electron chi connectivity index (χ3n) is 4.93. The van der Waals surface area contributed by atoms with Gasteiger partial charge in [0, 0.05) is 39.6 Å². The van der Waals surface area contributed by atoms with Crippen LogP contribution in [-0.4, -0.2) is 48.8 Å². The summed E-state index contributed by atoms with van der Waals surface area (Å²) in [4.78, 5) is 13.1. The number of methoxy groups -OCH3 is 1. The number of piperidine rings is 1. The molecule has 1 aromatic carbocycles. The highest BCUT2D eigenvalue weighted by molar-refractivity contribution is 5.90. The van der Waals surface area contributed by atoms with Crippen molar-refractivity contribution in [1.29, 1.82) is 0 Å². The first-order chi connectivity index (χ1) is 11.0. The van der Waals surface area contributed by atoms with Crippen LogP contribution in [0.15, 0.2) is 35.3 Å². The maximum Gasteiger partial charge on any atom is 0.189 e. The Bertz CT molecular complexity index is 549. The fourth-order valence-corrected chi connectivity index (χ4v) is 3.02. The van der Waals surface area contributed by atoms with E-state index in [0.717, 1.165) is 44.7 Å². The summed E-state index contributed by atoms with van der Waals surface area (Å²) in [5, 5.41) is 0. The zero-order valence-electron chi connectivity index (χ0n) is 14.3. The van der Waals surface area contributed by atoms with Crippen molar-refractivity contribution in [3.63, 3.8) is 0 Å². The Hall–Kier alpha value is -1.43. The first-order valence-corrected chi connectivity index (χ1v) is 8.39. The largest absolute Gasteiger partial charge is 0.371 e. The molecule has 1 saturated heterocycles. The van der Waals surface area contributed by atoms with E-state index in [9.17, 15) is 0 Å². The van der Waals surface area contributed by atoms with Gasteiger partial charge in [0.1, 0.15) is 5.60 Å². The molecule has 0 atom stereocenters. The average Bonchev–Trinajstić information content (AvgIpc) is 3.00. The predicted molar refractivity (Wildman–Crippen MR) is 91.3 cm³/mol. The van der Waals surface area contributed by atoms with Crippen molar-refractivity contribution in [2.45, 2.75) is 44.4 Å². The van der Waals surface area contributed by atoms with Gasteiger partial charge in [-0.3, -0.25) is 0 Å². The number of benzene rings is 1. The minimum atomic E-state index is -0.437. The summed E-state index contributed by atoms with van der Waals surface area (Å²) in [7, 11) is 1.70. The van der Waals surface area contributed by atoms with Gasteiger partial charge in [-0.15, -0.1) is 0 Å². The number of hydrogen-bond donors (Lipinski definition) is 1. The lowest BCUT2D eigenvalue weighted by Gasteiger charge is -2.35. The van der Waals surface area contributed by atoms with Crippen LogP contribution in [0.1, 0.15) is 32.3 Å². The van der Waals surface area contributed by atoms with E-state index in [4.69, 9.17) is 14.6 Å². The SMILES string of the molecule is COC(C)(C)C1=NC2(CCN(CCc3ccccc3)CC2)ON1. The lowest BCUT2D eigenvalue weighted by atomic mass is 10.00. The van der Waals surface area contributed by atoms with Gasteiger partial charge in [-0.1, -0.05) is 30.3 Å². The topological polar surface area (TPSA) is 46.1 Å². The molecule has 3 rings (SSSR count). The van der Waals surface area contributed by atoms with Gasteiger partial charge in [0.2, 0.25) is 0 Å². The average molecular weight is 317 g/mol. The summed E-state index contributed by atoms with van der Waals surface area (Å²) in [6.07, 6.45) is 2.92. The van der Waals surface area contributed by atoms with Crippen molar-refractivity contribution in [2.75, 3.05) is 26.7 Å². The zero-order chi connectivity index (χ0) is 16.3. The Kier molecular flexibility index (Phi) is 4.71. The van der Waals surface area contributed by atoms with Gasteiger partial charge in [0.15, 0.2) is 11.6 Å². The van der Waals surface area contributed by atoms with Crippen molar-refractivity contribution < 1.29 is 9.57 Å². The second kappa shape index (κ2) is 6.59. The van der Waals surface area contributed by atoms with E-state index >= 15 is 0 Å². The van der Waals surface area contributed by atoms with Gasteiger partial charge in [-0.25, -0.2) is 15.3 Å². The summed E-state index contributed by atoms with van der Waals surface area (Å²) in [5.74, 6) is 0.790. The maximum absolute atomic E-state index is 5.83. The summed E-state index contributed by atoms with van der Waals surface area (Å²) in [6.45, 7) is 7.11.